The first kappa shape index (κ1) is 50.9. The number of ether oxygens (including phenoxy) is 6. The molecule has 5 aliphatic carbocycles. The fraction of sp³-hybridized carbons (Fsp3) is 0.938. The third-order valence-corrected chi connectivity index (χ3v) is 19.3. The summed E-state index contributed by atoms with van der Waals surface area (Å²) in [6, 6.07) is 0. The van der Waals surface area contributed by atoms with Crippen LogP contribution in [0.1, 0.15) is 113 Å². The normalized spacial score (nSPS) is 53.3. The first-order valence-electron chi connectivity index (χ1n) is 24.3. The molecule has 18 heteroatoms. The van der Waals surface area contributed by atoms with E-state index in [0.29, 0.717) is 19.3 Å². The minimum absolute atomic E-state index is 0.0540. The van der Waals surface area contributed by atoms with Crippen molar-refractivity contribution in [1.29, 1.82) is 0 Å². The average Bonchev–Trinajstić information content (AvgIpc) is 3.26. The molecule has 4 saturated carbocycles. The number of allylic oxidation sites excluding steroid dienone is 2. The molecular weight excluding hydrogens is 865 g/mol. The highest BCUT2D eigenvalue weighted by Crippen LogP contribution is 2.76. The van der Waals surface area contributed by atoms with E-state index in [2.05, 4.69) is 54.5 Å². The fourth-order valence-electron chi connectivity index (χ4n) is 14.9. The molecule has 3 aliphatic heterocycles. The Morgan fingerprint density at radius 2 is 1.17 bits per heavy atom. The van der Waals surface area contributed by atoms with Gasteiger partial charge in [-0.2, -0.15) is 0 Å². The van der Waals surface area contributed by atoms with Crippen LogP contribution in [0.5, 0.6) is 0 Å². The Morgan fingerprint density at radius 1 is 0.621 bits per heavy atom. The van der Waals surface area contributed by atoms with Gasteiger partial charge in [0.1, 0.15) is 73.2 Å². The van der Waals surface area contributed by atoms with E-state index in [9.17, 15) is 61.0 Å². The van der Waals surface area contributed by atoms with Gasteiger partial charge in [-0.25, -0.2) is 0 Å². The first-order valence-corrected chi connectivity index (χ1v) is 24.3. The molecule has 7 fully saturated rings. The third-order valence-electron chi connectivity index (χ3n) is 19.3. The number of carbonyl (C=O) groups is 1. The van der Waals surface area contributed by atoms with Crippen LogP contribution in [0.3, 0.4) is 0 Å². The molecule has 0 aromatic carbocycles. The summed E-state index contributed by atoms with van der Waals surface area (Å²) in [5, 5.41) is 115. The molecule has 0 unspecified atom stereocenters. The Balaban J connectivity index is 0.995. The zero-order chi connectivity index (χ0) is 48.3. The maximum Gasteiger partial charge on any atom is 0.315 e. The lowest BCUT2D eigenvalue weighted by Gasteiger charge is -2.71. The van der Waals surface area contributed by atoms with Crippen LogP contribution in [0, 0.1) is 50.2 Å². The Hall–Kier alpha value is -1.43. The van der Waals surface area contributed by atoms with E-state index in [1.54, 1.807) is 0 Å². The standard InChI is InChI=1S/C48H78O18/c1-43(2)14-16-48(42(60)66-41-38(59)34(55)31(52)25(20-50)63-41)17-15-46(6)22(23(48)18-43)8-9-28-45(5)12-11-29(44(3,4)27(45)10-13-47(28,46)7)65-40-37(58)35(56)32(53)26(64-40)21-61-39-36(57)33(54)30(51)24(19-49)62-39/h8,23-41,49-59H,9-21H2,1-7H3/t23-,24+,25+,26+,27-,28+,29-,30+,31+,32+,33-,34-,35-,36+,37+,38+,39+,40-,41-,45-,46+,47+,48-/m0/s1. The summed E-state index contributed by atoms with van der Waals surface area (Å²) >= 11 is 0. The smallest absolute Gasteiger partial charge is 0.315 e. The van der Waals surface area contributed by atoms with Gasteiger partial charge >= 0.3 is 5.97 Å². The number of aliphatic hydroxyl groups is 11. The molecule has 0 spiro atoms. The molecule has 0 aromatic rings. The van der Waals surface area contributed by atoms with Crippen molar-refractivity contribution in [1.82, 2.24) is 0 Å². The number of rotatable bonds is 9. The van der Waals surface area contributed by atoms with Gasteiger partial charge in [-0.05, 0) is 109 Å². The number of aliphatic hydroxyl groups excluding tert-OH is 11. The second kappa shape index (κ2) is 18.0. The summed E-state index contributed by atoms with van der Waals surface area (Å²) in [4.78, 5) is 14.7. The Morgan fingerprint density at radius 3 is 1.79 bits per heavy atom. The second-order valence-electron chi connectivity index (χ2n) is 23.5. The summed E-state index contributed by atoms with van der Waals surface area (Å²) in [5.41, 5.74) is -0.613. The largest absolute Gasteiger partial charge is 0.432 e. The third kappa shape index (κ3) is 7.96. The molecule has 0 amide bonds. The van der Waals surface area contributed by atoms with Crippen LogP contribution in [-0.4, -0.2) is 180 Å². The molecule has 23 atom stereocenters. The van der Waals surface area contributed by atoms with Crippen molar-refractivity contribution in [2.24, 2.45) is 50.2 Å². The van der Waals surface area contributed by atoms with Crippen molar-refractivity contribution >= 4 is 5.97 Å². The quantitative estimate of drug-likeness (QED) is 0.0833. The minimum Gasteiger partial charge on any atom is -0.432 e. The van der Waals surface area contributed by atoms with Crippen LogP contribution >= 0.6 is 0 Å². The monoisotopic (exact) mass is 943 g/mol. The molecule has 0 radical (unpaired) electrons. The Kier molecular flexibility index (Phi) is 13.9. The lowest BCUT2D eigenvalue weighted by molar-refractivity contribution is -0.345. The summed E-state index contributed by atoms with van der Waals surface area (Å²) in [6.45, 7) is 14.4. The molecule has 378 valence electrons. The van der Waals surface area contributed by atoms with Gasteiger partial charge in [-0.1, -0.05) is 60.1 Å². The molecule has 66 heavy (non-hydrogen) atoms. The van der Waals surface area contributed by atoms with Gasteiger partial charge in [-0.3, -0.25) is 4.79 Å². The van der Waals surface area contributed by atoms with Crippen LogP contribution in [0.4, 0.5) is 0 Å². The van der Waals surface area contributed by atoms with Gasteiger partial charge in [0.05, 0.1) is 31.3 Å². The lowest BCUT2D eigenvalue weighted by Crippen LogP contribution is -2.66. The summed E-state index contributed by atoms with van der Waals surface area (Å²) < 4.78 is 35.5. The molecule has 8 rings (SSSR count). The van der Waals surface area contributed by atoms with Crippen LogP contribution in [0.15, 0.2) is 11.6 Å². The second-order valence-corrected chi connectivity index (χ2v) is 23.5. The van der Waals surface area contributed by atoms with Crippen molar-refractivity contribution in [2.45, 2.75) is 211 Å². The van der Waals surface area contributed by atoms with Crippen LogP contribution in [0.25, 0.3) is 0 Å². The predicted octanol–water partition coefficient (Wildman–Crippen LogP) is 0.141. The van der Waals surface area contributed by atoms with Gasteiger partial charge < -0.3 is 84.6 Å². The molecule has 3 heterocycles. The Labute approximate surface area is 387 Å². The molecule has 3 saturated heterocycles. The van der Waals surface area contributed by atoms with Crippen LogP contribution in [0.2, 0.25) is 0 Å². The van der Waals surface area contributed by atoms with E-state index in [4.69, 9.17) is 28.4 Å². The molecule has 18 nitrogen and oxygen atoms in total. The average molecular weight is 943 g/mol. The Bertz CT molecular complexity index is 1790. The SMILES string of the molecule is CC1(C)CC[C@]2(C(=O)O[C@@H]3O[C@H](CO)[C@@H](O)[C@H](O)[C@H]3O)CC[C@]3(C)C(=CC[C@@H]4[C@@]5(C)CC[C@H](O[C@@H]6O[C@H](CO[C@@H]7O[C@H](CO)[C@@H](O)[C@H](O)[C@H]7O)[C@@H](O)[C@H](O)[C@H]6O)C(C)(C)[C@@H]5CC[C@]43C)[C@@H]2C1. The van der Waals surface area contributed by atoms with E-state index >= 15 is 0 Å². The zero-order valence-electron chi connectivity index (χ0n) is 39.5. The molecule has 8 aliphatic rings. The lowest BCUT2D eigenvalue weighted by atomic mass is 9.33. The summed E-state index contributed by atoms with van der Waals surface area (Å²) in [7, 11) is 0. The predicted molar refractivity (Wildman–Crippen MR) is 230 cm³/mol. The van der Waals surface area contributed by atoms with E-state index in [1.807, 2.05) is 0 Å². The van der Waals surface area contributed by atoms with E-state index in [0.717, 1.165) is 44.9 Å². The van der Waals surface area contributed by atoms with Crippen LogP contribution in [-0.2, 0) is 33.2 Å². The van der Waals surface area contributed by atoms with Gasteiger partial charge in [0, 0.05) is 0 Å². The van der Waals surface area contributed by atoms with E-state index in [1.165, 1.54) is 5.57 Å². The van der Waals surface area contributed by atoms with Gasteiger partial charge in [0.15, 0.2) is 12.6 Å². The fourth-order valence-corrected chi connectivity index (χ4v) is 14.9. The first-order chi connectivity index (χ1) is 30.8. The molecular formula is C48H78O18. The van der Waals surface area contributed by atoms with E-state index < -0.39 is 135 Å². The highest BCUT2D eigenvalue weighted by atomic mass is 16.7. The van der Waals surface area contributed by atoms with Crippen molar-refractivity contribution in [2.75, 3.05) is 19.8 Å². The zero-order valence-corrected chi connectivity index (χ0v) is 39.5. The number of hydrogen-bond donors (Lipinski definition) is 11. The number of fused-ring (bicyclic) bond motifs is 7. The highest BCUT2D eigenvalue weighted by molar-refractivity contribution is 5.79. The molecule has 0 bridgehead atoms. The van der Waals surface area contributed by atoms with Gasteiger partial charge in [0.25, 0.3) is 0 Å². The van der Waals surface area contributed by atoms with Gasteiger partial charge in [0.2, 0.25) is 6.29 Å². The van der Waals surface area contributed by atoms with Crippen molar-refractivity contribution in [3.05, 3.63) is 11.6 Å². The molecule has 0 aromatic heterocycles. The van der Waals surface area contributed by atoms with Crippen LogP contribution < -0.4 is 0 Å². The van der Waals surface area contributed by atoms with Crippen molar-refractivity contribution in [3.8, 4) is 0 Å². The maximum atomic E-state index is 14.7. The van der Waals surface area contributed by atoms with Gasteiger partial charge in [-0.15, -0.1) is 0 Å². The minimum atomic E-state index is -1.69. The number of carbonyl (C=O) groups excluding carboxylic acids is 1. The van der Waals surface area contributed by atoms with E-state index in [-0.39, 0.29) is 39.4 Å². The van der Waals surface area contributed by atoms with Crippen molar-refractivity contribution < 1.29 is 89.4 Å². The van der Waals surface area contributed by atoms with Crippen molar-refractivity contribution in [3.63, 3.8) is 0 Å². The number of esters is 1. The highest BCUT2D eigenvalue weighted by Gasteiger charge is 2.70. The summed E-state index contributed by atoms with van der Waals surface area (Å²) in [5.74, 6) is -0.157. The maximum absolute atomic E-state index is 14.7. The topological polar surface area (TPSA) is 295 Å². The number of hydrogen-bond acceptors (Lipinski definition) is 18. The summed E-state index contributed by atoms with van der Waals surface area (Å²) in [6.07, 6.45) is -13.2. The molecule has 11 N–H and O–H groups in total.